The fraction of sp³-hybridized carbons (Fsp3) is 0.0625. The van der Waals surface area contributed by atoms with Gasteiger partial charge >= 0.3 is 0 Å². The normalized spacial score (nSPS) is 10.8. The van der Waals surface area contributed by atoms with Crippen molar-refractivity contribution in [1.29, 1.82) is 0 Å². The van der Waals surface area contributed by atoms with Gasteiger partial charge in [-0.2, -0.15) is 0 Å². The number of nitrogens with two attached hydrogens (primary N) is 1. The van der Waals surface area contributed by atoms with Crippen LogP contribution in [0.1, 0.15) is 15.9 Å². The molecule has 0 radical (unpaired) electrons. The molecule has 0 unspecified atom stereocenters. The second-order valence-electron chi connectivity index (χ2n) is 5.30. The maximum Gasteiger partial charge on any atom is 0.275 e. The van der Waals surface area contributed by atoms with E-state index in [1.807, 2.05) is 0 Å². The van der Waals surface area contributed by atoms with Gasteiger partial charge in [-0.05, 0) is 30.3 Å². The van der Waals surface area contributed by atoms with E-state index < -0.39 is 10.8 Å². The second kappa shape index (κ2) is 6.44. The third kappa shape index (κ3) is 3.26. The SMILES string of the molecule is NC(=O)c1ccc(Cn2cnc3ccc(Br)cc3c2=O)c([N+](=O)[O-])c1. The van der Waals surface area contributed by atoms with E-state index in [0.29, 0.717) is 10.9 Å². The van der Waals surface area contributed by atoms with Crippen LogP contribution in [0.5, 0.6) is 0 Å². The predicted molar refractivity (Wildman–Crippen MR) is 94.4 cm³/mol. The first-order valence-electron chi connectivity index (χ1n) is 7.08. The molecule has 1 amide bonds. The number of nitrogens with zero attached hydrogens (tertiary/aromatic N) is 3. The number of rotatable bonds is 4. The highest BCUT2D eigenvalue weighted by atomic mass is 79.9. The topological polar surface area (TPSA) is 121 Å². The Balaban J connectivity index is 2.10. The monoisotopic (exact) mass is 402 g/mol. The third-order valence-corrected chi connectivity index (χ3v) is 4.19. The van der Waals surface area contributed by atoms with Crippen molar-refractivity contribution in [1.82, 2.24) is 9.55 Å². The van der Waals surface area contributed by atoms with Crippen molar-refractivity contribution >= 4 is 38.4 Å². The van der Waals surface area contributed by atoms with Crippen LogP contribution in [0, 0.1) is 10.1 Å². The molecule has 2 N–H and O–H groups in total. The van der Waals surface area contributed by atoms with Crippen LogP contribution in [-0.4, -0.2) is 20.4 Å². The average molecular weight is 403 g/mol. The number of amides is 1. The van der Waals surface area contributed by atoms with Gasteiger partial charge in [0.1, 0.15) is 0 Å². The lowest BCUT2D eigenvalue weighted by Gasteiger charge is -2.08. The van der Waals surface area contributed by atoms with Crippen molar-refractivity contribution in [2.75, 3.05) is 0 Å². The number of primary amides is 1. The van der Waals surface area contributed by atoms with Crippen LogP contribution in [0.25, 0.3) is 10.9 Å². The fourth-order valence-electron chi connectivity index (χ4n) is 2.45. The Bertz CT molecular complexity index is 1080. The number of hydrogen-bond acceptors (Lipinski definition) is 5. The number of hydrogen-bond donors (Lipinski definition) is 1. The average Bonchev–Trinajstić information content (AvgIpc) is 2.57. The fourth-order valence-corrected chi connectivity index (χ4v) is 2.81. The summed E-state index contributed by atoms with van der Waals surface area (Å²) in [5, 5.41) is 11.7. The van der Waals surface area contributed by atoms with Gasteiger partial charge in [0.25, 0.3) is 11.2 Å². The van der Waals surface area contributed by atoms with E-state index in [1.54, 1.807) is 18.2 Å². The van der Waals surface area contributed by atoms with E-state index in [4.69, 9.17) is 5.73 Å². The molecular weight excluding hydrogens is 392 g/mol. The molecule has 0 aliphatic carbocycles. The summed E-state index contributed by atoms with van der Waals surface area (Å²) in [7, 11) is 0. The van der Waals surface area contributed by atoms with Crippen LogP contribution < -0.4 is 11.3 Å². The van der Waals surface area contributed by atoms with E-state index in [-0.39, 0.29) is 28.9 Å². The second-order valence-corrected chi connectivity index (χ2v) is 6.22. The predicted octanol–water partition coefficient (Wildman–Crippen LogP) is 2.21. The van der Waals surface area contributed by atoms with Crippen molar-refractivity contribution in [2.45, 2.75) is 6.54 Å². The molecule has 0 spiro atoms. The number of aromatic nitrogens is 2. The van der Waals surface area contributed by atoms with Gasteiger partial charge in [0.05, 0.1) is 28.7 Å². The van der Waals surface area contributed by atoms with Crippen molar-refractivity contribution in [3.8, 4) is 0 Å². The standard InChI is InChI=1S/C16H11BrN4O4/c17-11-3-4-13-12(6-11)16(23)20(8-19-13)7-10-2-1-9(15(18)22)5-14(10)21(24)25/h1-6,8H,7H2,(H2,18,22). The lowest BCUT2D eigenvalue weighted by atomic mass is 10.1. The van der Waals surface area contributed by atoms with Crippen molar-refractivity contribution in [2.24, 2.45) is 5.73 Å². The summed E-state index contributed by atoms with van der Waals surface area (Å²) in [6, 6.07) is 9.03. The minimum absolute atomic E-state index is 0.0309. The Hall–Kier alpha value is -3.07. The third-order valence-electron chi connectivity index (χ3n) is 3.69. The molecule has 3 aromatic rings. The Kier molecular flexibility index (Phi) is 4.32. The lowest BCUT2D eigenvalue weighted by molar-refractivity contribution is -0.385. The molecule has 0 aliphatic heterocycles. The van der Waals surface area contributed by atoms with E-state index in [1.165, 1.54) is 23.0 Å². The molecular formula is C16H11BrN4O4. The summed E-state index contributed by atoms with van der Waals surface area (Å²) < 4.78 is 2.01. The van der Waals surface area contributed by atoms with Crippen LogP contribution in [0.15, 0.2) is 52.0 Å². The van der Waals surface area contributed by atoms with Gasteiger partial charge in [-0.1, -0.05) is 15.9 Å². The molecule has 126 valence electrons. The zero-order valence-electron chi connectivity index (χ0n) is 12.7. The molecule has 8 nitrogen and oxygen atoms in total. The van der Waals surface area contributed by atoms with Gasteiger partial charge in [0, 0.05) is 21.7 Å². The largest absolute Gasteiger partial charge is 0.366 e. The summed E-state index contributed by atoms with van der Waals surface area (Å²) in [6.07, 6.45) is 1.34. The van der Waals surface area contributed by atoms with E-state index in [0.717, 1.165) is 10.5 Å². The number of benzene rings is 2. The van der Waals surface area contributed by atoms with Crippen LogP contribution in [0.2, 0.25) is 0 Å². The number of halogens is 1. The molecule has 2 aromatic carbocycles. The van der Waals surface area contributed by atoms with Crippen molar-refractivity contribution in [3.05, 3.63) is 78.8 Å². The van der Waals surface area contributed by atoms with Gasteiger partial charge in [0.15, 0.2) is 0 Å². The summed E-state index contributed by atoms with van der Waals surface area (Å²) in [5.74, 6) is -0.760. The molecule has 1 heterocycles. The first-order valence-corrected chi connectivity index (χ1v) is 7.88. The summed E-state index contributed by atoms with van der Waals surface area (Å²) in [5.41, 5.74) is 5.39. The van der Waals surface area contributed by atoms with Crippen molar-refractivity contribution < 1.29 is 9.72 Å². The van der Waals surface area contributed by atoms with E-state index in [2.05, 4.69) is 20.9 Å². The Labute approximate surface area is 149 Å². The summed E-state index contributed by atoms with van der Waals surface area (Å²) >= 11 is 3.30. The smallest absolute Gasteiger partial charge is 0.275 e. The first kappa shape index (κ1) is 16.8. The summed E-state index contributed by atoms with van der Waals surface area (Å²) in [6.45, 7) is -0.0519. The molecule has 25 heavy (non-hydrogen) atoms. The van der Waals surface area contributed by atoms with Gasteiger partial charge in [-0.3, -0.25) is 24.3 Å². The number of nitro groups is 1. The van der Waals surface area contributed by atoms with Gasteiger partial charge in [0.2, 0.25) is 5.91 Å². The Morgan fingerprint density at radius 1 is 1.28 bits per heavy atom. The van der Waals surface area contributed by atoms with Gasteiger partial charge in [-0.15, -0.1) is 0 Å². The zero-order valence-corrected chi connectivity index (χ0v) is 14.3. The molecule has 0 saturated heterocycles. The lowest BCUT2D eigenvalue weighted by Crippen LogP contribution is -2.22. The minimum Gasteiger partial charge on any atom is -0.366 e. The maximum atomic E-state index is 12.6. The number of carbonyl (C=O) groups is 1. The Morgan fingerprint density at radius 2 is 2.04 bits per heavy atom. The van der Waals surface area contributed by atoms with Gasteiger partial charge < -0.3 is 5.73 Å². The number of carbonyl (C=O) groups excluding carboxylic acids is 1. The molecule has 0 bridgehead atoms. The molecule has 9 heteroatoms. The van der Waals surface area contributed by atoms with E-state index >= 15 is 0 Å². The van der Waals surface area contributed by atoms with Crippen LogP contribution in [0.3, 0.4) is 0 Å². The quantitative estimate of drug-likeness (QED) is 0.529. The zero-order chi connectivity index (χ0) is 18.1. The number of fused-ring (bicyclic) bond motifs is 1. The highest BCUT2D eigenvalue weighted by Crippen LogP contribution is 2.21. The minimum atomic E-state index is -0.760. The molecule has 0 fully saturated rings. The molecule has 0 aliphatic rings. The Morgan fingerprint density at radius 3 is 2.72 bits per heavy atom. The molecule has 0 atom stereocenters. The van der Waals surface area contributed by atoms with Gasteiger partial charge in [-0.25, -0.2) is 4.98 Å². The van der Waals surface area contributed by atoms with Crippen molar-refractivity contribution in [3.63, 3.8) is 0 Å². The van der Waals surface area contributed by atoms with Crippen LogP contribution in [0.4, 0.5) is 5.69 Å². The highest BCUT2D eigenvalue weighted by Gasteiger charge is 2.17. The summed E-state index contributed by atoms with van der Waals surface area (Å²) in [4.78, 5) is 38.7. The maximum absolute atomic E-state index is 12.6. The van der Waals surface area contributed by atoms with E-state index in [9.17, 15) is 19.7 Å². The van der Waals surface area contributed by atoms with Crippen LogP contribution in [-0.2, 0) is 6.54 Å². The molecule has 1 aromatic heterocycles. The molecule has 3 rings (SSSR count). The number of nitro benzene ring substituents is 1. The first-order chi connectivity index (χ1) is 11.9. The van der Waals surface area contributed by atoms with Crippen LogP contribution >= 0.6 is 15.9 Å². The highest BCUT2D eigenvalue weighted by molar-refractivity contribution is 9.10. The molecule has 0 saturated carbocycles.